The number of carbonyl (C=O) groups is 2. The third-order valence-electron chi connectivity index (χ3n) is 1.69. The van der Waals surface area contributed by atoms with E-state index in [0.29, 0.717) is 17.8 Å². The second-order valence-electron chi connectivity index (χ2n) is 2.62. The van der Waals surface area contributed by atoms with Crippen LogP contribution in [0.2, 0.25) is 0 Å². The molecule has 1 aromatic rings. The number of carboxylic acid groups (broad SMARTS) is 1. The van der Waals surface area contributed by atoms with Gasteiger partial charge in [-0.15, -0.1) is 0 Å². The van der Waals surface area contributed by atoms with E-state index in [1.54, 1.807) is 13.1 Å². The van der Waals surface area contributed by atoms with Crippen LogP contribution in [0, 0.1) is 0 Å². The van der Waals surface area contributed by atoms with Gasteiger partial charge in [0.2, 0.25) is 6.41 Å². The van der Waals surface area contributed by atoms with Crippen LogP contribution in [0.1, 0.15) is 10.4 Å². The Hall–Kier alpha value is -2.04. The molecule has 0 spiro atoms. The van der Waals surface area contributed by atoms with Gasteiger partial charge in [0.15, 0.2) is 0 Å². The summed E-state index contributed by atoms with van der Waals surface area (Å²) < 4.78 is 0. The van der Waals surface area contributed by atoms with Crippen molar-refractivity contribution in [2.45, 2.75) is 0 Å². The second-order valence-corrected chi connectivity index (χ2v) is 2.62. The van der Waals surface area contributed by atoms with E-state index >= 15 is 0 Å². The predicted octanol–water partition coefficient (Wildman–Crippen LogP) is 0.995. The molecule has 0 aromatic heterocycles. The normalized spacial score (nSPS) is 9.21. The van der Waals surface area contributed by atoms with E-state index < -0.39 is 5.97 Å². The molecular weight excluding hydrogens is 184 g/mol. The van der Waals surface area contributed by atoms with Gasteiger partial charge in [-0.1, -0.05) is 0 Å². The van der Waals surface area contributed by atoms with Gasteiger partial charge in [-0.25, -0.2) is 4.79 Å². The lowest BCUT2D eigenvalue weighted by molar-refractivity contribution is -0.105. The third kappa shape index (κ3) is 2.22. The van der Waals surface area contributed by atoms with Gasteiger partial charge in [0.1, 0.15) is 0 Å². The van der Waals surface area contributed by atoms with Crippen LogP contribution >= 0.6 is 0 Å². The van der Waals surface area contributed by atoms with Crippen molar-refractivity contribution < 1.29 is 14.7 Å². The lowest BCUT2D eigenvalue weighted by atomic mass is 10.1. The van der Waals surface area contributed by atoms with Crippen molar-refractivity contribution in [3.63, 3.8) is 0 Å². The summed E-state index contributed by atoms with van der Waals surface area (Å²) in [5, 5.41) is 13.9. The van der Waals surface area contributed by atoms with Crippen LogP contribution in [0.4, 0.5) is 11.4 Å². The molecule has 0 radical (unpaired) electrons. The van der Waals surface area contributed by atoms with Crippen molar-refractivity contribution in [2.75, 3.05) is 17.7 Å². The van der Waals surface area contributed by atoms with Crippen molar-refractivity contribution >= 4 is 23.8 Å². The van der Waals surface area contributed by atoms with Crippen LogP contribution in [0.15, 0.2) is 18.2 Å². The molecule has 5 heteroatoms. The van der Waals surface area contributed by atoms with E-state index in [1.807, 2.05) is 0 Å². The van der Waals surface area contributed by atoms with Crippen LogP contribution < -0.4 is 10.6 Å². The van der Waals surface area contributed by atoms with Gasteiger partial charge in [0.25, 0.3) is 0 Å². The monoisotopic (exact) mass is 194 g/mol. The van der Waals surface area contributed by atoms with Gasteiger partial charge < -0.3 is 15.7 Å². The highest BCUT2D eigenvalue weighted by Gasteiger charge is 2.05. The number of carboxylic acids is 1. The van der Waals surface area contributed by atoms with Crippen LogP contribution in [0.3, 0.4) is 0 Å². The van der Waals surface area contributed by atoms with Gasteiger partial charge in [-0.05, 0) is 18.2 Å². The summed E-state index contributed by atoms with van der Waals surface area (Å²) in [6, 6.07) is 4.51. The fourth-order valence-corrected chi connectivity index (χ4v) is 1.05. The molecule has 0 fully saturated rings. The number of amides is 1. The standard InChI is InChI=1S/C9H10N2O3/c1-10-7-2-6(9(13)14)3-8(4-7)11-5-12/h2-5,10H,1H3,(H,11,12)(H,13,14). The smallest absolute Gasteiger partial charge is 0.335 e. The van der Waals surface area contributed by atoms with Crippen LogP contribution in [0.5, 0.6) is 0 Å². The van der Waals surface area contributed by atoms with E-state index in [9.17, 15) is 9.59 Å². The number of anilines is 2. The maximum absolute atomic E-state index is 10.7. The Morgan fingerprint density at radius 2 is 2.00 bits per heavy atom. The number of hydrogen-bond donors (Lipinski definition) is 3. The second kappa shape index (κ2) is 4.27. The number of aromatic carboxylic acids is 1. The molecule has 0 aliphatic rings. The van der Waals surface area contributed by atoms with E-state index in [-0.39, 0.29) is 5.56 Å². The molecule has 0 aliphatic carbocycles. The molecule has 0 atom stereocenters. The van der Waals surface area contributed by atoms with E-state index in [2.05, 4.69) is 10.6 Å². The van der Waals surface area contributed by atoms with Crippen molar-refractivity contribution in [2.24, 2.45) is 0 Å². The summed E-state index contributed by atoms with van der Waals surface area (Å²) in [6.45, 7) is 0. The number of benzene rings is 1. The predicted molar refractivity (Wildman–Crippen MR) is 52.6 cm³/mol. The maximum Gasteiger partial charge on any atom is 0.335 e. The third-order valence-corrected chi connectivity index (χ3v) is 1.69. The summed E-state index contributed by atoms with van der Waals surface area (Å²) >= 11 is 0. The average molecular weight is 194 g/mol. The molecule has 1 rings (SSSR count). The van der Waals surface area contributed by atoms with Crippen LogP contribution in [-0.4, -0.2) is 24.5 Å². The molecule has 0 saturated heterocycles. The molecule has 0 aliphatic heterocycles. The average Bonchev–Trinajstić information content (AvgIpc) is 2.17. The molecule has 0 unspecified atom stereocenters. The first-order valence-corrected chi connectivity index (χ1v) is 3.93. The molecule has 5 nitrogen and oxygen atoms in total. The first-order valence-electron chi connectivity index (χ1n) is 3.93. The summed E-state index contributed by atoms with van der Waals surface area (Å²) in [5.41, 5.74) is 1.21. The quantitative estimate of drug-likeness (QED) is 0.624. The molecule has 14 heavy (non-hydrogen) atoms. The molecule has 3 N–H and O–H groups in total. The van der Waals surface area contributed by atoms with Crippen molar-refractivity contribution in [3.05, 3.63) is 23.8 Å². The highest BCUT2D eigenvalue weighted by molar-refractivity contribution is 5.91. The first-order chi connectivity index (χ1) is 6.67. The minimum atomic E-state index is -1.03. The lowest BCUT2D eigenvalue weighted by Crippen LogP contribution is -2.02. The minimum Gasteiger partial charge on any atom is -0.478 e. The highest BCUT2D eigenvalue weighted by Crippen LogP contribution is 2.18. The first kappa shape index (κ1) is 10.0. The lowest BCUT2D eigenvalue weighted by Gasteiger charge is -2.05. The minimum absolute atomic E-state index is 0.126. The Morgan fingerprint density at radius 1 is 1.36 bits per heavy atom. The largest absolute Gasteiger partial charge is 0.478 e. The summed E-state index contributed by atoms with van der Waals surface area (Å²) in [4.78, 5) is 20.9. The number of hydrogen-bond acceptors (Lipinski definition) is 3. The molecule has 0 heterocycles. The highest BCUT2D eigenvalue weighted by atomic mass is 16.4. The number of nitrogens with one attached hydrogen (secondary N) is 2. The van der Waals surface area contributed by atoms with Gasteiger partial charge in [0, 0.05) is 18.4 Å². The van der Waals surface area contributed by atoms with Gasteiger partial charge in [-0.2, -0.15) is 0 Å². The molecular formula is C9H10N2O3. The molecule has 0 saturated carbocycles. The van der Waals surface area contributed by atoms with E-state index in [1.165, 1.54) is 12.1 Å². The van der Waals surface area contributed by atoms with Gasteiger partial charge >= 0.3 is 5.97 Å². The van der Waals surface area contributed by atoms with Crippen LogP contribution in [-0.2, 0) is 4.79 Å². The fourth-order valence-electron chi connectivity index (χ4n) is 1.05. The molecule has 1 amide bonds. The summed E-state index contributed by atoms with van der Waals surface area (Å²) in [7, 11) is 1.67. The van der Waals surface area contributed by atoms with Crippen molar-refractivity contribution in [1.82, 2.24) is 0 Å². The topological polar surface area (TPSA) is 78.4 Å². The maximum atomic E-state index is 10.7. The SMILES string of the molecule is CNc1cc(NC=O)cc(C(=O)O)c1. The Bertz CT molecular complexity index is 363. The zero-order chi connectivity index (χ0) is 10.6. The van der Waals surface area contributed by atoms with Gasteiger partial charge in [0.05, 0.1) is 5.56 Å². The van der Waals surface area contributed by atoms with E-state index in [0.717, 1.165) is 0 Å². The molecule has 0 bridgehead atoms. The Balaban J connectivity index is 3.12. The van der Waals surface area contributed by atoms with Crippen LogP contribution in [0.25, 0.3) is 0 Å². The summed E-state index contributed by atoms with van der Waals surface area (Å²) in [5.74, 6) is -1.03. The number of rotatable bonds is 4. The zero-order valence-corrected chi connectivity index (χ0v) is 7.57. The number of carbonyl (C=O) groups excluding carboxylic acids is 1. The fraction of sp³-hybridized carbons (Fsp3) is 0.111. The molecule has 1 aromatic carbocycles. The van der Waals surface area contributed by atoms with E-state index in [4.69, 9.17) is 5.11 Å². The Labute approximate surface area is 80.7 Å². The van der Waals surface area contributed by atoms with Crippen molar-refractivity contribution in [1.29, 1.82) is 0 Å². The van der Waals surface area contributed by atoms with Crippen molar-refractivity contribution in [3.8, 4) is 0 Å². The Kier molecular flexibility index (Phi) is 3.06. The summed E-state index contributed by atoms with van der Waals surface area (Å²) in [6.07, 6.45) is 0.500. The van der Waals surface area contributed by atoms with Gasteiger partial charge in [-0.3, -0.25) is 4.79 Å². The molecule has 74 valence electrons. The zero-order valence-electron chi connectivity index (χ0n) is 7.57. The Morgan fingerprint density at radius 3 is 2.50 bits per heavy atom.